The number of nitrogens with one attached hydrogen (secondary N) is 1. The van der Waals surface area contributed by atoms with Gasteiger partial charge in [0.05, 0.1) is 11.5 Å². The number of halogens is 1. The summed E-state index contributed by atoms with van der Waals surface area (Å²) in [5.41, 5.74) is -0.0186. The van der Waals surface area contributed by atoms with Crippen LogP contribution >= 0.6 is 11.6 Å². The van der Waals surface area contributed by atoms with Crippen molar-refractivity contribution in [3.05, 3.63) is 57.6 Å². The second-order valence-corrected chi connectivity index (χ2v) is 5.05. The van der Waals surface area contributed by atoms with Crippen LogP contribution in [0.2, 0.25) is 5.02 Å². The summed E-state index contributed by atoms with van der Waals surface area (Å²) in [6.45, 7) is 2.05. The Kier molecular flexibility index (Phi) is 5.97. The fraction of sp³-hybridized carbons (Fsp3) is 0.188. The highest BCUT2D eigenvalue weighted by Crippen LogP contribution is 2.28. The van der Waals surface area contributed by atoms with Crippen molar-refractivity contribution in [2.45, 2.75) is 6.92 Å². The Bertz CT molecular complexity index is 751. The number of rotatable bonds is 7. The van der Waals surface area contributed by atoms with Crippen molar-refractivity contribution in [2.75, 3.05) is 18.5 Å². The quantitative estimate of drug-likeness (QED) is 0.607. The number of ether oxygens (including phenoxy) is 2. The number of hydrogen-bond donors (Lipinski definition) is 1. The van der Waals surface area contributed by atoms with Crippen molar-refractivity contribution in [3.8, 4) is 11.5 Å². The highest BCUT2D eigenvalue weighted by atomic mass is 35.5. The average Bonchev–Trinajstić information content (AvgIpc) is 2.56. The Morgan fingerprint density at radius 3 is 2.50 bits per heavy atom. The molecule has 1 N–H and O–H groups in total. The van der Waals surface area contributed by atoms with Gasteiger partial charge in [-0.05, 0) is 31.2 Å². The fourth-order valence-corrected chi connectivity index (χ4v) is 2.10. The first-order valence-electron chi connectivity index (χ1n) is 7.09. The summed E-state index contributed by atoms with van der Waals surface area (Å²) in [5, 5.41) is 13.4. The molecule has 0 aliphatic rings. The third kappa shape index (κ3) is 4.60. The van der Waals surface area contributed by atoms with Gasteiger partial charge in [0.25, 0.3) is 11.6 Å². The second kappa shape index (κ2) is 8.16. The molecule has 0 radical (unpaired) electrons. The molecule has 8 heteroatoms. The number of para-hydroxylation sites is 2. The molecule has 0 bridgehead atoms. The van der Waals surface area contributed by atoms with Crippen LogP contribution < -0.4 is 14.8 Å². The minimum absolute atomic E-state index is 0.000101. The van der Waals surface area contributed by atoms with Gasteiger partial charge < -0.3 is 14.8 Å². The minimum atomic E-state index is -0.618. The van der Waals surface area contributed by atoms with Crippen LogP contribution in [0.25, 0.3) is 0 Å². The number of carbonyl (C=O) groups excluding carboxylic acids is 1. The first kappa shape index (κ1) is 17.6. The van der Waals surface area contributed by atoms with Gasteiger partial charge in [0.1, 0.15) is 5.02 Å². The number of anilines is 1. The number of amides is 1. The van der Waals surface area contributed by atoms with E-state index >= 15 is 0 Å². The average molecular weight is 351 g/mol. The summed E-state index contributed by atoms with van der Waals surface area (Å²) in [5.74, 6) is 0.518. The Balaban J connectivity index is 1.99. The number of benzene rings is 2. The molecule has 0 aromatic heterocycles. The lowest BCUT2D eigenvalue weighted by Crippen LogP contribution is -2.20. The molecular formula is C16H15ClN2O5. The van der Waals surface area contributed by atoms with E-state index in [0.29, 0.717) is 18.1 Å². The van der Waals surface area contributed by atoms with Crippen LogP contribution in [-0.4, -0.2) is 24.0 Å². The van der Waals surface area contributed by atoms with E-state index < -0.39 is 10.8 Å². The maximum atomic E-state index is 11.9. The first-order chi connectivity index (χ1) is 11.5. The smallest absolute Gasteiger partial charge is 0.289 e. The van der Waals surface area contributed by atoms with Crippen LogP contribution in [-0.2, 0) is 4.79 Å². The SMILES string of the molecule is CCOc1ccccc1OCC(=O)Nc1ccc(Cl)c([N+](=O)[O-])c1. The molecular weight excluding hydrogens is 336 g/mol. The number of hydrogen-bond acceptors (Lipinski definition) is 5. The number of nitrogens with zero attached hydrogens (tertiary/aromatic N) is 1. The van der Waals surface area contributed by atoms with Crippen LogP contribution in [0.15, 0.2) is 42.5 Å². The first-order valence-corrected chi connectivity index (χ1v) is 7.47. The molecule has 1 amide bonds. The van der Waals surface area contributed by atoms with Crippen molar-refractivity contribution in [3.63, 3.8) is 0 Å². The van der Waals surface area contributed by atoms with Crippen LogP contribution in [0, 0.1) is 10.1 Å². The van der Waals surface area contributed by atoms with Crippen molar-refractivity contribution in [2.24, 2.45) is 0 Å². The molecule has 2 aromatic rings. The van der Waals surface area contributed by atoms with E-state index in [-0.39, 0.29) is 23.0 Å². The van der Waals surface area contributed by atoms with E-state index in [4.69, 9.17) is 21.1 Å². The van der Waals surface area contributed by atoms with Crippen molar-refractivity contribution in [1.82, 2.24) is 0 Å². The summed E-state index contributed by atoms with van der Waals surface area (Å²) in [7, 11) is 0. The molecule has 7 nitrogen and oxygen atoms in total. The number of nitro benzene ring substituents is 1. The van der Waals surface area contributed by atoms with Gasteiger partial charge in [0.15, 0.2) is 18.1 Å². The monoisotopic (exact) mass is 350 g/mol. The Labute approximate surface area is 143 Å². The molecule has 0 spiro atoms. The molecule has 0 fully saturated rings. The van der Waals surface area contributed by atoms with Crippen LogP contribution in [0.4, 0.5) is 11.4 Å². The standard InChI is InChI=1S/C16H15ClN2O5/c1-2-23-14-5-3-4-6-15(14)24-10-16(20)18-11-7-8-12(17)13(9-11)19(21)22/h3-9H,2,10H2,1H3,(H,18,20). The lowest BCUT2D eigenvalue weighted by Gasteiger charge is -2.11. The van der Waals surface area contributed by atoms with Gasteiger partial charge in [0.2, 0.25) is 0 Å². The van der Waals surface area contributed by atoms with E-state index in [1.165, 1.54) is 18.2 Å². The summed E-state index contributed by atoms with van der Waals surface area (Å²) < 4.78 is 10.8. The molecule has 0 saturated carbocycles. The van der Waals surface area contributed by atoms with Gasteiger partial charge >= 0.3 is 0 Å². The normalized spacial score (nSPS) is 10.1. The fourth-order valence-electron chi connectivity index (χ4n) is 1.91. The van der Waals surface area contributed by atoms with E-state index in [2.05, 4.69) is 5.32 Å². The zero-order valence-electron chi connectivity index (χ0n) is 12.8. The largest absolute Gasteiger partial charge is 0.490 e. The van der Waals surface area contributed by atoms with E-state index in [1.54, 1.807) is 24.3 Å². The zero-order valence-corrected chi connectivity index (χ0v) is 13.6. The number of nitro groups is 1. The summed E-state index contributed by atoms with van der Waals surface area (Å²) in [6, 6.07) is 11.0. The van der Waals surface area contributed by atoms with E-state index in [0.717, 1.165) is 0 Å². The van der Waals surface area contributed by atoms with Gasteiger partial charge in [-0.3, -0.25) is 14.9 Å². The minimum Gasteiger partial charge on any atom is -0.490 e. The lowest BCUT2D eigenvalue weighted by molar-refractivity contribution is -0.384. The topological polar surface area (TPSA) is 90.7 Å². The third-order valence-electron chi connectivity index (χ3n) is 2.93. The molecule has 24 heavy (non-hydrogen) atoms. The van der Waals surface area contributed by atoms with Crippen LogP contribution in [0.3, 0.4) is 0 Å². The molecule has 0 aliphatic carbocycles. The zero-order chi connectivity index (χ0) is 17.5. The van der Waals surface area contributed by atoms with Gasteiger partial charge in [-0.25, -0.2) is 0 Å². The van der Waals surface area contributed by atoms with E-state index in [1.807, 2.05) is 6.92 Å². The molecule has 0 atom stereocenters. The second-order valence-electron chi connectivity index (χ2n) is 4.64. The molecule has 0 unspecified atom stereocenters. The molecule has 0 heterocycles. The third-order valence-corrected chi connectivity index (χ3v) is 3.25. The van der Waals surface area contributed by atoms with Gasteiger partial charge in [-0.2, -0.15) is 0 Å². The van der Waals surface area contributed by atoms with Gasteiger partial charge in [0, 0.05) is 11.8 Å². The van der Waals surface area contributed by atoms with Crippen molar-refractivity contribution in [1.29, 1.82) is 0 Å². The molecule has 126 valence electrons. The van der Waals surface area contributed by atoms with Gasteiger partial charge in [-0.15, -0.1) is 0 Å². The maximum Gasteiger partial charge on any atom is 0.289 e. The van der Waals surface area contributed by atoms with E-state index in [9.17, 15) is 14.9 Å². The van der Waals surface area contributed by atoms with Crippen LogP contribution in [0.5, 0.6) is 11.5 Å². The highest BCUT2D eigenvalue weighted by molar-refractivity contribution is 6.32. The Hall–Kier alpha value is -2.80. The summed E-state index contributed by atoms with van der Waals surface area (Å²) >= 11 is 5.72. The predicted molar refractivity (Wildman–Crippen MR) is 89.8 cm³/mol. The Morgan fingerprint density at radius 2 is 1.88 bits per heavy atom. The Morgan fingerprint density at radius 1 is 1.21 bits per heavy atom. The maximum absolute atomic E-state index is 11.9. The number of carbonyl (C=O) groups is 1. The predicted octanol–water partition coefficient (Wildman–Crippen LogP) is 3.66. The van der Waals surface area contributed by atoms with Gasteiger partial charge in [-0.1, -0.05) is 23.7 Å². The molecule has 0 aliphatic heterocycles. The van der Waals surface area contributed by atoms with Crippen molar-refractivity contribution < 1.29 is 19.2 Å². The summed E-state index contributed by atoms with van der Waals surface area (Å²) in [4.78, 5) is 22.2. The lowest BCUT2D eigenvalue weighted by atomic mass is 10.3. The van der Waals surface area contributed by atoms with Crippen molar-refractivity contribution >= 4 is 28.9 Å². The molecule has 2 rings (SSSR count). The molecule has 0 saturated heterocycles. The highest BCUT2D eigenvalue weighted by Gasteiger charge is 2.14. The molecule has 2 aromatic carbocycles. The van der Waals surface area contributed by atoms with Crippen LogP contribution in [0.1, 0.15) is 6.92 Å². The summed E-state index contributed by atoms with van der Waals surface area (Å²) in [6.07, 6.45) is 0.